The van der Waals surface area contributed by atoms with Gasteiger partial charge in [-0.1, -0.05) is 0 Å². The van der Waals surface area contributed by atoms with Crippen LogP contribution < -0.4 is 10.5 Å². The molecule has 74 valence electrons. The summed E-state index contributed by atoms with van der Waals surface area (Å²) < 4.78 is 6.74. The van der Waals surface area contributed by atoms with E-state index in [9.17, 15) is 0 Å². The summed E-state index contributed by atoms with van der Waals surface area (Å²) in [6.07, 6.45) is 0. The molecule has 1 atom stereocenters. The van der Waals surface area contributed by atoms with Gasteiger partial charge in [0.05, 0.1) is 31.0 Å². The minimum atomic E-state index is -0.427. The molecule has 0 aliphatic heterocycles. The number of aryl methyl sites for hydroxylation is 2. The highest BCUT2D eigenvalue weighted by Gasteiger charge is 2.19. The number of aromatic nitrogens is 2. The molecule has 0 bridgehead atoms. The molecule has 3 N–H and O–H groups in total. The fourth-order valence-corrected chi connectivity index (χ4v) is 1.41. The third kappa shape index (κ3) is 1.66. The maximum atomic E-state index is 8.92. The number of hydrogen-bond donors (Lipinski definition) is 2. The summed E-state index contributed by atoms with van der Waals surface area (Å²) >= 11 is 0. The normalized spacial score (nSPS) is 13.0. The minimum Gasteiger partial charge on any atom is -0.481 e. The Labute approximate surface area is 77.1 Å². The van der Waals surface area contributed by atoms with Crippen molar-refractivity contribution >= 4 is 0 Å². The van der Waals surface area contributed by atoms with E-state index in [4.69, 9.17) is 15.6 Å². The molecule has 1 aromatic rings. The van der Waals surface area contributed by atoms with Crippen LogP contribution in [0, 0.1) is 6.92 Å². The lowest BCUT2D eigenvalue weighted by molar-refractivity contribution is 0.263. The van der Waals surface area contributed by atoms with Gasteiger partial charge in [-0.05, 0) is 6.92 Å². The van der Waals surface area contributed by atoms with E-state index in [-0.39, 0.29) is 6.61 Å². The van der Waals surface area contributed by atoms with Crippen molar-refractivity contribution in [2.24, 2.45) is 12.8 Å². The van der Waals surface area contributed by atoms with Gasteiger partial charge in [-0.3, -0.25) is 0 Å². The van der Waals surface area contributed by atoms with Crippen LogP contribution in [-0.4, -0.2) is 28.6 Å². The molecule has 1 aromatic heterocycles. The molecule has 1 rings (SSSR count). The number of aliphatic hydroxyl groups is 1. The molecule has 0 saturated heterocycles. The monoisotopic (exact) mass is 185 g/mol. The molecule has 0 unspecified atom stereocenters. The molecule has 0 aliphatic carbocycles. The smallest absolute Gasteiger partial charge is 0.216 e. The van der Waals surface area contributed by atoms with Crippen molar-refractivity contribution in [1.82, 2.24) is 9.78 Å². The van der Waals surface area contributed by atoms with E-state index in [1.807, 2.05) is 6.92 Å². The van der Waals surface area contributed by atoms with Gasteiger partial charge in [0, 0.05) is 7.05 Å². The van der Waals surface area contributed by atoms with Crippen LogP contribution in [0.4, 0.5) is 0 Å². The largest absolute Gasteiger partial charge is 0.481 e. The van der Waals surface area contributed by atoms with Crippen LogP contribution in [0.3, 0.4) is 0 Å². The van der Waals surface area contributed by atoms with Crippen LogP contribution in [0.2, 0.25) is 0 Å². The number of methoxy groups -OCH3 is 1. The second-order valence-electron chi connectivity index (χ2n) is 2.92. The van der Waals surface area contributed by atoms with Gasteiger partial charge in [0.25, 0.3) is 0 Å². The number of hydrogen-bond acceptors (Lipinski definition) is 4. The Morgan fingerprint density at radius 1 is 1.69 bits per heavy atom. The molecule has 5 nitrogen and oxygen atoms in total. The topological polar surface area (TPSA) is 73.3 Å². The van der Waals surface area contributed by atoms with Crippen molar-refractivity contribution in [3.05, 3.63) is 11.3 Å². The first-order chi connectivity index (χ1) is 6.11. The highest BCUT2D eigenvalue weighted by molar-refractivity contribution is 5.33. The average molecular weight is 185 g/mol. The van der Waals surface area contributed by atoms with Gasteiger partial charge < -0.3 is 15.6 Å². The zero-order valence-electron chi connectivity index (χ0n) is 8.11. The van der Waals surface area contributed by atoms with Crippen LogP contribution in [0.25, 0.3) is 0 Å². The lowest BCUT2D eigenvalue weighted by Gasteiger charge is -2.09. The van der Waals surface area contributed by atoms with Gasteiger partial charge in [-0.15, -0.1) is 0 Å². The van der Waals surface area contributed by atoms with E-state index in [1.165, 1.54) is 0 Å². The Bertz CT molecular complexity index is 296. The molecule has 0 aliphatic rings. The Balaban J connectivity index is 3.16. The third-order valence-electron chi connectivity index (χ3n) is 1.97. The second kappa shape index (κ2) is 3.76. The Kier molecular flexibility index (Phi) is 2.90. The Hall–Kier alpha value is -1.07. The van der Waals surface area contributed by atoms with Crippen molar-refractivity contribution in [1.29, 1.82) is 0 Å². The number of rotatable bonds is 3. The summed E-state index contributed by atoms with van der Waals surface area (Å²) in [5, 5.41) is 13.1. The molecule has 0 spiro atoms. The van der Waals surface area contributed by atoms with E-state index in [0.29, 0.717) is 5.88 Å². The van der Waals surface area contributed by atoms with Gasteiger partial charge in [0.2, 0.25) is 5.88 Å². The Morgan fingerprint density at radius 2 is 2.31 bits per heavy atom. The first-order valence-electron chi connectivity index (χ1n) is 4.05. The van der Waals surface area contributed by atoms with Crippen molar-refractivity contribution in [3.8, 4) is 5.88 Å². The lowest BCUT2D eigenvalue weighted by Crippen LogP contribution is -2.16. The quantitative estimate of drug-likeness (QED) is 0.679. The number of ether oxygens (including phenoxy) is 1. The zero-order chi connectivity index (χ0) is 10.0. The first-order valence-corrected chi connectivity index (χ1v) is 4.05. The minimum absolute atomic E-state index is 0.108. The zero-order valence-corrected chi connectivity index (χ0v) is 8.11. The van der Waals surface area contributed by atoms with Crippen molar-refractivity contribution in [2.75, 3.05) is 13.7 Å². The number of nitrogens with zero attached hydrogens (tertiary/aromatic N) is 2. The first kappa shape index (κ1) is 10.0. The van der Waals surface area contributed by atoms with E-state index >= 15 is 0 Å². The summed E-state index contributed by atoms with van der Waals surface area (Å²) in [6.45, 7) is 1.73. The molecule has 0 saturated carbocycles. The van der Waals surface area contributed by atoms with Crippen LogP contribution >= 0.6 is 0 Å². The van der Waals surface area contributed by atoms with Gasteiger partial charge in [-0.2, -0.15) is 5.10 Å². The molecule has 0 radical (unpaired) electrons. The lowest BCUT2D eigenvalue weighted by atomic mass is 10.1. The fraction of sp³-hybridized carbons (Fsp3) is 0.625. The standard InChI is InChI=1S/C8H15N3O2/c1-5-7(6(9)4-12)8(13-3)11(2)10-5/h6,12H,4,9H2,1-3H3/t6-/m1/s1. The molecule has 13 heavy (non-hydrogen) atoms. The fourth-order valence-electron chi connectivity index (χ4n) is 1.41. The highest BCUT2D eigenvalue weighted by atomic mass is 16.5. The predicted octanol–water partition coefficient (Wildman–Crippen LogP) is -0.271. The maximum Gasteiger partial charge on any atom is 0.216 e. The highest BCUT2D eigenvalue weighted by Crippen LogP contribution is 2.25. The second-order valence-corrected chi connectivity index (χ2v) is 2.92. The van der Waals surface area contributed by atoms with Gasteiger partial charge in [0.15, 0.2) is 0 Å². The van der Waals surface area contributed by atoms with Crippen LogP contribution in [0.5, 0.6) is 5.88 Å². The molecule has 0 fully saturated rings. The van der Waals surface area contributed by atoms with E-state index in [0.717, 1.165) is 11.3 Å². The summed E-state index contributed by atoms with van der Waals surface area (Å²) in [7, 11) is 3.34. The van der Waals surface area contributed by atoms with Gasteiger partial charge in [-0.25, -0.2) is 4.68 Å². The summed E-state index contributed by atoms with van der Waals surface area (Å²) in [4.78, 5) is 0. The molecule has 0 amide bonds. The molecule has 5 heteroatoms. The van der Waals surface area contributed by atoms with Gasteiger partial charge in [0.1, 0.15) is 0 Å². The molecular weight excluding hydrogens is 170 g/mol. The predicted molar refractivity (Wildman–Crippen MR) is 48.5 cm³/mol. The van der Waals surface area contributed by atoms with E-state index in [2.05, 4.69) is 5.10 Å². The van der Waals surface area contributed by atoms with Gasteiger partial charge >= 0.3 is 0 Å². The van der Waals surface area contributed by atoms with Crippen molar-refractivity contribution in [3.63, 3.8) is 0 Å². The molecule has 0 aromatic carbocycles. The third-order valence-corrected chi connectivity index (χ3v) is 1.97. The summed E-state index contributed by atoms with van der Waals surface area (Å²) in [5.74, 6) is 0.610. The van der Waals surface area contributed by atoms with E-state index in [1.54, 1.807) is 18.8 Å². The average Bonchev–Trinajstić information content (AvgIpc) is 2.39. The van der Waals surface area contributed by atoms with Crippen LogP contribution in [-0.2, 0) is 7.05 Å². The molecular formula is C8H15N3O2. The summed E-state index contributed by atoms with van der Waals surface area (Å²) in [5.41, 5.74) is 7.26. The Morgan fingerprint density at radius 3 is 2.77 bits per heavy atom. The molecule has 1 heterocycles. The van der Waals surface area contributed by atoms with Crippen LogP contribution in [0.1, 0.15) is 17.3 Å². The van der Waals surface area contributed by atoms with E-state index < -0.39 is 6.04 Å². The SMILES string of the molecule is COc1c([C@H](N)CO)c(C)nn1C. The number of nitrogens with two attached hydrogens (primary N) is 1. The number of aliphatic hydroxyl groups excluding tert-OH is 1. The maximum absolute atomic E-state index is 8.92. The van der Waals surface area contributed by atoms with Crippen molar-refractivity contribution < 1.29 is 9.84 Å². The van der Waals surface area contributed by atoms with Crippen LogP contribution in [0.15, 0.2) is 0 Å². The summed E-state index contributed by atoms with van der Waals surface area (Å²) in [6, 6.07) is -0.427. The van der Waals surface area contributed by atoms with Crippen molar-refractivity contribution in [2.45, 2.75) is 13.0 Å².